The molecule has 0 aromatic heterocycles. The molecule has 0 saturated heterocycles. The zero-order valence-electron chi connectivity index (χ0n) is 19.2. The van der Waals surface area contributed by atoms with Crippen molar-refractivity contribution in [3.63, 3.8) is 0 Å². The van der Waals surface area contributed by atoms with Crippen LogP contribution >= 0.6 is 12.6 Å². The molecule has 4 unspecified atom stereocenters. The van der Waals surface area contributed by atoms with Gasteiger partial charge in [0.05, 0.1) is 12.5 Å². The number of nitrogens with two attached hydrogens (primary N) is 3. The van der Waals surface area contributed by atoms with Gasteiger partial charge < -0.3 is 43.4 Å². The predicted octanol–water partition coefficient (Wildman–Crippen LogP) is -2.64. The van der Waals surface area contributed by atoms with E-state index in [0.717, 1.165) is 0 Å². The van der Waals surface area contributed by atoms with E-state index in [1.54, 1.807) is 13.8 Å². The summed E-state index contributed by atoms with van der Waals surface area (Å²) in [5.74, 6) is -5.26. The minimum atomic E-state index is -1.40. The van der Waals surface area contributed by atoms with Crippen molar-refractivity contribution in [2.24, 2.45) is 28.1 Å². The number of amides is 3. The molecule has 0 heterocycles. The molecule has 0 aliphatic heterocycles. The first-order valence-corrected chi connectivity index (χ1v) is 11.2. The number of carboxylic acid groups (broad SMARTS) is 2. The van der Waals surface area contributed by atoms with Crippen LogP contribution in [0.5, 0.6) is 0 Å². The van der Waals surface area contributed by atoms with Crippen LogP contribution in [0.4, 0.5) is 0 Å². The number of carbonyl (C=O) groups is 5. The molecule has 34 heavy (non-hydrogen) atoms. The van der Waals surface area contributed by atoms with Crippen LogP contribution in [0.2, 0.25) is 0 Å². The number of thiol groups is 1. The number of carboxylic acids is 2. The molecule has 0 fully saturated rings. The SMILES string of the molecule is CC(C)CC(NC(=O)C(CCCN=C(N)N)NC(=O)C(N)CC(=O)O)C(=O)NC(CS)C(=O)O. The van der Waals surface area contributed by atoms with Crippen molar-refractivity contribution in [1.82, 2.24) is 16.0 Å². The van der Waals surface area contributed by atoms with Gasteiger partial charge in [-0.1, -0.05) is 13.8 Å². The van der Waals surface area contributed by atoms with E-state index in [1.807, 2.05) is 0 Å². The zero-order valence-corrected chi connectivity index (χ0v) is 20.1. The third-order valence-corrected chi connectivity index (χ3v) is 4.81. The number of rotatable bonds is 16. The van der Waals surface area contributed by atoms with Crippen molar-refractivity contribution in [2.45, 2.75) is 63.7 Å². The fourth-order valence-corrected chi connectivity index (χ4v) is 3.01. The third-order valence-electron chi connectivity index (χ3n) is 4.45. The highest BCUT2D eigenvalue weighted by atomic mass is 32.1. The smallest absolute Gasteiger partial charge is 0.327 e. The molecule has 0 saturated carbocycles. The number of guanidine groups is 1. The minimum Gasteiger partial charge on any atom is -0.481 e. The van der Waals surface area contributed by atoms with Gasteiger partial charge in [0, 0.05) is 12.3 Å². The highest BCUT2D eigenvalue weighted by Gasteiger charge is 2.30. The fourth-order valence-electron chi connectivity index (χ4n) is 2.76. The molecular weight excluding hydrogens is 470 g/mol. The molecule has 0 radical (unpaired) electrons. The lowest BCUT2D eigenvalue weighted by molar-refractivity contribution is -0.141. The summed E-state index contributed by atoms with van der Waals surface area (Å²) in [5, 5.41) is 25.2. The monoisotopic (exact) mass is 505 g/mol. The average Bonchev–Trinajstić information content (AvgIpc) is 2.71. The number of carbonyl (C=O) groups excluding carboxylic acids is 3. The van der Waals surface area contributed by atoms with E-state index in [-0.39, 0.29) is 43.4 Å². The average molecular weight is 506 g/mol. The molecule has 0 aromatic carbocycles. The van der Waals surface area contributed by atoms with Crippen LogP contribution in [0.1, 0.15) is 39.5 Å². The Morgan fingerprint density at radius 1 is 0.912 bits per heavy atom. The van der Waals surface area contributed by atoms with Gasteiger partial charge in [0.2, 0.25) is 17.7 Å². The van der Waals surface area contributed by atoms with Crippen LogP contribution in [0, 0.1) is 5.92 Å². The molecule has 0 aliphatic carbocycles. The van der Waals surface area contributed by atoms with E-state index in [2.05, 4.69) is 33.6 Å². The summed E-state index contributed by atoms with van der Waals surface area (Å²) < 4.78 is 0. The van der Waals surface area contributed by atoms with Gasteiger partial charge in [-0.3, -0.25) is 24.2 Å². The highest BCUT2D eigenvalue weighted by molar-refractivity contribution is 7.80. The lowest BCUT2D eigenvalue weighted by Gasteiger charge is -2.25. The Labute approximate surface area is 202 Å². The molecule has 14 nitrogen and oxygen atoms in total. The van der Waals surface area contributed by atoms with Gasteiger partial charge in [-0.05, 0) is 25.2 Å². The van der Waals surface area contributed by atoms with Crippen LogP contribution in [-0.4, -0.2) is 82.3 Å². The maximum atomic E-state index is 13.0. The maximum absolute atomic E-state index is 13.0. The van der Waals surface area contributed by atoms with Crippen LogP contribution < -0.4 is 33.2 Å². The van der Waals surface area contributed by atoms with Crippen molar-refractivity contribution in [2.75, 3.05) is 12.3 Å². The highest BCUT2D eigenvalue weighted by Crippen LogP contribution is 2.08. The van der Waals surface area contributed by atoms with Gasteiger partial charge in [-0.15, -0.1) is 0 Å². The molecule has 4 atom stereocenters. The predicted molar refractivity (Wildman–Crippen MR) is 127 cm³/mol. The normalized spacial score (nSPS) is 14.3. The summed E-state index contributed by atoms with van der Waals surface area (Å²) in [5.41, 5.74) is 16.1. The van der Waals surface area contributed by atoms with Gasteiger partial charge in [0.1, 0.15) is 18.1 Å². The molecule has 0 aliphatic rings. The first kappa shape index (κ1) is 30.9. The summed E-state index contributed by atoms with van der Waals surface area (Å²) >= 11 is 3.90. The minimum absolute atomic E-state index is 0.0470. The third kappa shape index (κ3) is 12.8. The number of aliphatic imine (C=N–C) groups is 1. The Bertz CT molecular complexity index is 759. The largest absolute Gasteiger partial charge is 0.481 e. The van der Waals surface area contributed by atoms with E-state index in [1.165, 1.54) is 0 Å². The Kier molecular flexibility index (Phi) is 14.3. The molecular formula is C19H35N7O7S. The van der Waals surface area contributed by atoms with Crippen LogP contribution in [0.15, 0.2) is 4.99 Å². The molecule has 3 amide bonds. The topological polar surface area (TPSA) is 252 Å². The Balaban J connectivity index is 5.54. The van der Waals surface area contributed by atoms with Crippen molar-refractivity contribution < 1.29 is 34.2 Å². The first-order valence-electron chi connectivity index (χ1n) is 10.6. The summed E-state index contributed by atoms with van der Waals surface area (Å²) in [7, 11) is 0. The Hall–Kier alpha value is -3.07. The number of nitrogens with zero attached hydrogens (tertiary/aromatic N) is 1. The zero-order chi connectivity index (χ0) is 26.4. The van der Waals surface area contributed by atoms with E-state index in [4.69, 9.17) is 27.4 Å². The lowest BCUT2D eigenvalue weighted by Crippen LogP contribution is -2.57. The summed E-state index contributed by atoms with van der Waals surface area (Å²) in [6, 6.07) is -4.93. The van der Waals surface area contributed by atoms with Gasteiger partial charge in [-0.25, -0.2) is 4.79 Å². The molecule has 11 N–H and O–H groups in total. The van der Waals surface area contributed by atoms with Crippen LogP contribution in [0.25, 0.3) is 0 Å². The van der Waals surface area contributed by atoms with Crippen LogP contribution in [0.3, 0.4) is 0 Å². The van der Waals surface area contributed by atoms with Crippen LogP contribution in [-0.2, 0) is 24.0 Å². The van der Waals surface area contributed by atoms with Crippen molar-refractivity contribution in [3.8, 4) is 0 Å². The second-order valence-electron chi connectivity index (χ2n) is 7.99. The van der Waals surface area contributed by atoms with E-state index in [9.17, 15) is 24.0 Å². The fraction of sp³-hybridized carbons (Fsp3) is 0.684. The molecule has 0 spiro atoms. The summed E-state index contributed by atoms with van der Waals surface area (Å²) in [6.07, 6.45) is -0.138. The van der Waals surface area contributed by atoms with Gasteiger partial charge in [0.15, 0.2) is 5.96 Å². The summed E-state index contributed by atoms with van der Waals surface area (Å²) in [4.78, 5) is 63.7. The van der Waals surface area contributed by atoms with Crippen molar-refractivity contribution in [1.29, 1.82) is 0 Å². The van der Waals surface area contributed by atoms with Gasteiger partial charge >= 0.3 is 11.9 Å². The van der Waals surface area contributed by atoms with E-state index < -0.39 is 60.2 Å². The molecule has 194 valence electrons. The first-order chi connectivity index (χ1) is 15.8. The maximum Gasteiger partial charge on any atom is 0.327 e. The second-order valence-corrected chi connectivity index (χ2v) is 8.35. The number of nitrogens with one attached hydrogen (secondary N) is 3. The standard InChI is InChI=1S/C19H35N7O7S/c1-9(2)6-12(17(31)26-13(8-34)18(32)33)25-16(30)11(4-3-5-23-19(21)22)24-15(29)10(20)7-14(27)28/h9-13,34H,3-8,20H2,1-2H3,(H,24,29)(H,25,30)(H,26,31)(H,27,28)(H,32,33)(H4,21,22,23). The Morgan fingerprint density at radius 3 is 1.91 bits per heavy atom. The van der Waals surface area contributed by atoms with E-state index >= 15 is 0 Å². The number of aliphatic carboxylic acids is 2. The quantitative estimate of drug-likeness (QED) is 0.0456. The van der Waals surface area contributed by atoms with Gasteiger partial charge in [0.25, 0.3) is 0 Å². The van der Waals surface area contributed by atoms with E-state index in [0.29, 0.717) is 0 Å². The summed E-state index contributed by atoms with van der Waals surface area (Å²) in [6.45, 7) is 3.76. The molecule has 0 aromatic rings. The van der Waals surface area contributed by atoms with Crippen molar-refractivity contribution >= 4 is 48.2 Å². The molecule has 15 heteroatoms. The molecule has 0 bridgehead atoms. The molecule has 0 rings (SSSR count). The van der Waals surface area contributed by atoms with Crippen molar-refractivity contribution in [3.05, 3.63) is 0 Å². The number of hydrogen-bond acceptors (Lipinski definition) is 8. The lowest BCUT2D eigenvalue weighted by atomic mass is 10.0. The van der Waals surface area contributed by atoms with Gasteiger partial charge in [-0.2, -0.15) is 12.6 Å². The number of hydrogen-bond donors (Lipinski definition) is 9. The Morgan fingerprint density at radius 2 is 1.44 bits per heavy atom. The second kappa shape index (κ2) is 15.7.